The van der Waals surface area contributed by atoms with Gasteiger partial charge < -0.3 is 16.0 Å². The smallest absolute Gasteiger partial charge is 0.220 e. The summed E-state index contributed by atoms with van der Waals surface area (Å²) in [4.78, 5) is 13.6. The number of carbonyl (C=O) groups excluding carboxylic acids is 1. The van der Waals surface area contributed by atoms with E-state index in [0.717, 1.165) is 37.2 Å². The third kappa shape index (κ3) is 1.92. The normalized spacial score (nSPS) is 22.2. The second kappa shape index (κ2) is 4.19. The van der Waals surface area contributed by atoms with Crippen molar-refractivity contribution in [3.63, 3.8) is 0 Å². The first kappa shape index (κ1) is 11.4. The lowest BCUT2D eigenvalue weighted by Gasteiger charge is -2.23. The molecule has 1 fully saturated rings. The molecule has 1 saturated heterocycles. The molecule has 1 atom stereocenters. The Morgan fingerprint density at radius 3 is 3.00 bits per heavy atom. The van der Waals surface area contributed by atoms with Crippen molar-refractivity contribution in [3.05, 3.63) is 23.3 Å². The van der Waals surface area contributed by atoms with E-state index >= 15 is 0 Å². The molecule has 96 valence electrons. The summed E-state index contributed by atoms with van der Waals surface area (Å²) in [6.45, 7) is 3.99. The van der Waals surface area contributed by atoms with Crippen LogP contribution in [0.3, 0.4) is 0 Å². The molecule has 2 heterocycles. The second-order valence-electron chi connectivity index (χ2n) is 5.34. The highest BCUT2D eigenvalue weighted by Crippen LogP contribution is 2.32. The molecule has 0 radical (unpaired) electrons. The number of nitrogens with one attached hydrogen (secondary N) is 1. The van der Waals surface area contributed by atoms with E-state index in [0.29, 0.717) is 12.5 Å². The molecule has 0 aromatic heterocycles. The van der Waals surface area contributed by atoms with Gasteiger partial charge in [0, 0.05) is 36.9 Å². The van der Waals surface area contributed by atoms with Crippen molar-refractivity contribution < 1.29 is 4.79 Å². The van der Waals surface area contributed by atoms with E-state index in [-0.39, 0.29) is 5.91 Å². The molecule has 3 rings (SSSR count). The second-order valence-corrected chi connectivity index (χ2v) is 5.34. The Balaban J connectivity index is 1.78. The Morgan fingerprint density at radius 2 is 2.28 bits per heavy atom. The number of hydrogen-bond donors (Lipinski definition) is 2. The Bertz CT molecular complexity index is 498. The van der Waals surface area contributed by atoms with Crippen LogP contribution in [-0.2, 0) is 11.2 Å². The van der Waals surface area contributed by atoms with Gasteiger partial charge in [0.1, 0.15) is 0 Å². The van der Waals surface area contributed by atoms with Gasteiger partial charge in [-0.3, -0.25) is 4.79 Å². The molecule has 4 nitrogen and oxygen atoms in total. The molecule has 1 amide bonds. The van der Waals surface area contributed by atoms with Gasteiger partial charge >= 0.3 is 0 Å². The Labute approximate surface area is 107 Å². The number of benzene rings is 1. The summed E-state index contributed by atoms with van der Waals surface area (Å²) in [5.74, 6) is 0.183. The maximum atomic E-state index is 11.2. The van der Waals surface area contributed by atoms with Gasteiger partial charge in [-0.25, -0.2) is 0 Å². The van der Waals surface area contributed by atoms with Crippen molar-refractivity contribution in [1.82, 2.24) is 5.32 Å². The van der Waals surface area contributed by atoms with Gasteiger partial charge in [0.05, 0.1) is 0 Å². The molecule has 0 saturated carbocycles. The largest absolute Gasteiger partial charge is 0.398 e. The maximum Gasteiger partial charge on any atom is 0.220 e. The van der Waals surface area contributed by atoms with Gasteiger partial charge in [-0.05, 0) is 37.0 Å². The number of fused-ring (bicyclic) bond motifs is 1. The van der Waals surface area contributed by atoms with Crippen LogP contribution >= 0.6 is 0 Å². The van der Waals surface area contributed by atoms with Crippen molar-refractivity contribution >= 4 is 17.3 Å². The third-order valence-electron chi connectivity index (χ3n) is 3.98. The fraction of sp³-hybridized carbons (Fsp3) is 0.500. The zero-order valence-corrected chi connectivity index (χ0v) is 10.7. The van der Waals surface area contributed by atoms with E-state index < -0.39 is 0 Å². The van der Waals surface area contributed by atoms with Gasteiger partial charge in [0.2, 0.25) is 5.91 Å². The average molecular weight is 245 g/mol. The lowest BCUT2D eigenvalue weighted by atomic mass is 10.1. The molecule has 1 aromatic carbocycles. The minimum Gasteiger partial charge on any atom is -0.398 e. The fourth-order valence-electron chi connectivity index (χ4n) is 2.91. The van der Waals surface area contributed by atoms with E-state index in [1.165, 1.54) is 11.3 Å². The Hall–Kier alpha value is -1.71. The van der Waals surface area contributed by atoms with Crippen molar-refractivity contribution in [2.75, 3.05) is 23.7 Å². The number of nitrogen functional groups attached to an aromatic ring is 1. The molecule has 4 heteroatoms. The predicted octanol–water partition coefficient (Wildman–Crippen LogP) is 1.22. The summed E-state index contributed by atoms with van der Waals surface area (Å²) in [5.41, 5.74) is 10.6. The van der Waals surface area contributed by atoms with E-state index in [1.54, 1.807) is 0 Å². The number of nitrogens with zero attached hydrogens (tertiary/aromatic N) is 1. The molecule has 18 heavy (non-hydrogen) atoms. The minimum atomic E-state index is 0.183. The topological polar surface area (TPSA) is 58.4 Å². The third-order valence-corrected chi connectivity index (χ3v) is 3.98. The average Bonchev–Trinajstić information content (AvgIpc) is 2.89. The van der Waals surface area contributed by atoms with Crippen LogP contribution in [0.15, 0.2) is 12.1 Å². The summed E-state index contributed by atoms with van der Waals surface area (Å²) >= 11 is 0. The summed E-state index contributed by atoms with van der Waals surface area (Å²) in [6, 6.07) is 4.57. The molecule has 0 spiro atoms. The number of amides is 1. The Morgan fingerprint density at radius 1 is 1.44 bits per heavy atom. The SMILES string of the molecule is Cc1cc2c(cc1N)N(CC1CCC(=O)N1)CC2. The number of nitrogens with two attached hydrogens (primary N) is 1. The highest BCUT2D eigenvalue weighted by molar-refractivity contribution is 5.78. The van der Waals surface area contributed by atoms with E-state index in [2.05, 4.69) is 29.3 Å². The van der Waals surface area contributed by atoms with Crippen LogP contribution in [0, 0.1) is 6.92 Å². The van der Waals surface area contributed by atoms with Crippen LogP contribution in [-0.4, -0.2) is 25.0 Å². The number of hydrogen-bond acceptors (Lipinski definition) is 3. The van der Waals surface area contributed by atoms with Gasteiger partial charge in [-0.1, -0.05) is 6.07 Å². The van der Waals surface area contributed by atoms with Crippen LogP contribution in [0.1, 0.15) is 24.0 Å². The maximum absolute atomic E-state index is 11.2. The number of carbonyl (C=O) groups is 1. The summed E-state index contributed by atoms with van der Waals surface area (Å²) < 4.78 is 0. The zero-order valence-electron chi connectivity index (χ0n) is 10.7. The molecular weight excluding hydrogens is 226 g/mol. The molecule has 1 aromatic rings. The van der Waals surface area contributed by atoms with E-state index in [9.17, 15) is 4.79 Å². The first-order valence-electron chi connectivity index (χ1n) is 6.57. The number of rotatable bonds is 2. The van der Waals surface area contributed by atoms with Crippen LogP contribution < -0.4 is 16.0 Å². The van der Waals surface area contributed by atoms with Gasteiger partial charge in [0.15, 0.2) is 0 Å². The van der Waals surface area contributed by atoms with Crippen molar-refractivity contribution in [1.29, 1.82) is 0 Å². The number of anilines is 2. The van der Waals surface area contributed by atoms with Crippen molar-refractivity contribution in [2.24, 2.45) is 0 Å². The quantitative estimate of drug-likeness (QED) is 0.770. The molecular formula is C14H19N3O. The summed E-state index contributed by atoms with van der Waals surface area (Å²) in [6.07, 6.45) is 2.70. The van der Waals surface area contributed by atoms with Crippen molar-refractivity contribution in [3.8, 4) is 0 Å². The first-order valence-corrected chi connectivity index (χ1v) is 6.57. The summed E-state index contributed by atoms with van der Waals surface area (Å²) in [7, 11) is 0. The fourth-order valence-corrected chi connectivity index (χ4v) is 2.91. The van der Waals surface area contributed by atoms with Crippen LogP contribution in [0.4, 0.5) is 11.4 Å². The van der Waals surface area contributed by atoms with Crippen LogP contribution in [0.25, 0.3) is 0 Å². The van der Waals surface area contributed by atoms with Crippen molar-refractivity contribution in [2.45, 2.75) is 32.2 Å². The molecule has 1 unspecified atom stereocenters. The highest BCUT2D eigenvalue weighted by atomic mass is 16.1. The van der Waals surface area contributed by atoms with E-state index in [4.69, 9.17) is 5.73 Å². The summed E-state index contributed by atoms with van der Waals surface area (Å²) in [5, 5.41) is 3.03. The molecule has 2 aliphatic heterocycles. The van der Waals surface area contributed by atoms with Gasteiger partial charge in [0.25, 0.3) is 0 Å². The highest BCUT2D eigenvalue weighted by Gasteiger charge is 2.26. The lowest BCUT2D eigenvalue weighted by Crippen LogP contribution is -2.38. The minimum absolute atomic E-state index is 0.183. The number of aryl methyl sites for hydroxylation is 1. The molecule has 0 aliphatic carbocycles. The monoisotopic (exact) mass is 245 g/mol. The van der Waals surface area contributed by atoms with Gasteiger partial charge in [-0.15, -0.1) is 0 Å². The van der Waals surface area contributed by atoms with Crippen LogP contribution in [0.5, 0.6) is 0 Å². The lowest BCUT2D eigenvalue weighted by molar-refractivity contribution is -0.119. The molecule has 3 N–H and O–H groups in total. The first-order chi connectivity index (χ1) is 8.63. The molecule has 0 bridgehead atoms. The predicted molar refractivity (Wildman–Crippen MR) is 72.7 cm³/mol. The van der Waals surface area contributed by atoms with Gasteiger partial charge in [-0.2, -0.15) is 0 Å². The van der Waals surface area contributed by atoms with Crippen LogP contribution in [0.2, 0.25) is 0 Å². The Kier molecular flexibility index (Phi) is 2.65. The van der Waals surface area contributed by atoms with E-state index in [1.807, 2.05) is 0 Å². The zero-order chi connectivity index (χ0) is 12.7. The molecule has 2 aliphatic rings. The standard InChI is InChI=1S/C14H19N3O/c1-9-6-10-4-5-17(13(10)7-12(9)15)8-11-2-3-14(18)16-11/h6-7,11H,2-5,8,15H2,1H3,(H,16,18).